The Hall–Kier alpha value is -6.63. The minimum atomic E-state index is -1.01. The minimum Gasteiger partial charge on any atom is -0.370 e. The Morgan fingerprint density at radius 1 is 0.761 bits per heavy atom. The van der Waals surface area contributed by atoms with Crippen molar-refractivity contribution in [1.29, 1.82) is 0 Å². The molecule has 366 valence electrons. The molecule has 71 heavy (non-hydrogen) atoms. The highest BCUT2D eigenvalue weighted by molar-refractivity contribution is 6.39. The van der Waals surface area contributed by atoms with Crippen molar-refractivity contribution in [2.45, 2.75) is 75.5 Å². The topological polar surface area (TPSA) is 198 Å². The molecule has 7 heterocycles. The summed E-state index contributed by atoms with van der Waals surface area (Å²) in [6.07, 6.45) is 9.40. The standard InChI is InChI=1S/C51H52Cl2N12O6/c52-38-2-1-3-39(53)42(38)47(68)58-31-20-34(21-31)64-28-56-43-44(54-27-55-45(43)64)57-30-4-6-32(7-5-30)60-16-18-61(19-17-60)35-23-51(24-35)12-14-62(15-13-51)48(69)29-25-63(26-29)33-8-9-36-37(22-33)50(71)65(49(36)70)40-10-11-41(66)59-46(40)67/h1-9,22,27-29,31,34-35,40H,10-21,23-26H2,(H,58,68)(H,54,55,57)(H,59,66,67)/t31?,34?,40-/m0/s1. The third-order valence-corrected chi connectivity index (χ3v) is 16.8. The van der Waals surface area contributed by atoms with E-state index < -0.39 is 29.7 Å². The number of anilines is 4. The molecule has 4 saturated heterocycles. The van der Waals surface area contributed by atoms with Gasteiger partial charge in [-0.05, 0) is 105 Å². The molecule has 2 aliphatic carbocycles. The number of carbonyl (C=O) groups is 6. The summed E-state index contributed by atoms with van der Waals surface area (Å²) >= 11 is 12.5. The molecule has 12 rings (SSSR count). The number of hydrogen-bond acceptors (Lipinski definition) is 13. The number of benzene rings is 3. The van der Waals surface area contributed by atoms with E-state index in [0.29, 0.717) is 51.5 Å². The van der Waals surface area contributed by atoms with Gasteiger partial charge in [0.2, 0.25) is 17.7 Å². The summed E-state index contributed by atoms with van der Waals surface area (Å²) in [4.78, 5) is 101. The second-order valence-electron chi connectivity index (χ2n) is 20.3. The van der Waals surface area contributed by atoms with Crippen LogP contribution in [-0.4, -0.2) is 140 Å². The molecule has 3 N–H and O–H groups in total. The molecule has 0 unspecified atom stereocenters. The molecule has 0 radical (unpaired) electrons. The number of aromatic nitrogens is 4. The Morgan fingerprint density at radius 2 is 1.46 bits per heavy atom. The van der Waals surface area contributed by atoms with Crippen LogP contribution in [0.3, 0.4) is 0 Å². The van der Waals surface area contributed by atoms with E-state index in [-0.39, 0.29) is 53.8 Å². The van der Waals surface area contributed by atoms with E-state index in [1.807, 2.05) is 4.90 Å². The lowest BCUT2D eigenvalue weighted by molar-refractivity contribution is -0.141. The van der Waals surface area contributed by atoms with Crippen LogP contribution in [-0.2, 0) is 14.4 Å². The fourth-order valence-corrected chi connectivity index (χ4v) is 12.5. The number of likely N-dealkylation sites (tertiary alicyclic amines) is 1. The highest BCUT2D eigenvalue weighted by atomic mass is 35.5. The molecule has 2 aromatic heterocycles. The van der Waals surface area contributed by atoms with Gasteiger partial charge in [-0.3, -0.25) is 43.9 Å². The molecule has 1 spiro atoms. The number of imide groups is 2. The molecular weight excluding hydrogens is 948 g/mol. The van der Waals surface area contributed by atoms with Gasteiger partial charge >= 0.3 is 0 Å². The Balaban J connectivity index is 0.574. The van der Waals surface area contributed by atoms with Gasteiger partial charge in [0.15, 0.2) is 17.0 Å². The first kappa shape index (κ1) is 45.5. The van der Waals surface area contributed by atoms with Crippen LogP contribution >= 0.6 is 23.2 Å². The monoisotopic (exact) mass is 998 g/mol. The van der Waals surface area contributed by atoms with Crippen LogP contribution in [0.1, 0.15) is 88.5 Å². The number of carbonyl (C=O) groups excluding carboxylic acids is 6. The van der Waals surface area contributed by atoms with Crippen LogP contribution < -0.4 is 25.8 Å². The Kier molecular flexibility index (Phi) is 11.5. The summed E-state index contributed by atoms with van der Waals surface area (Å²) in [7, 11) is 0. The number of amides is 6. The van der Waals surface area contributed by atoms with Crippen molar-refractivity contribution < 1.29 is 28.8 Å². The molecular formula is C51H52Cl2N12O6. The molecule has 6 fully saturated rings. The lowest BCUT2D eigenvalue weighted by Crippen LogP contribution is -2.60. The van der Waals surface area contributed by atoms with E-state index in [2.05, 4.69) is 74.4 Å². The zero-order chi connectivity index (χ0) is 48.7. The van der Waals surface area contributed by atoms with Crippen LogP contribution in [0, 0.1) is 11.3 Å². The quantitative estimate of drug-likeness (QED) is 0.150. The molecule has 1 atom stereocenters. The molecule has 2 saturated carbocycles. The van der Waals surface area contributed by atoms with Crippen molar-refractivity contribution >= 4 is 92.7 Å². The van der Waals surface area contributed by atoms with Crippen LogP contribution in [0.15, 0.2) is 73.3 Å². The molecule has 6 amide bonds. The number of halogens is 2. The van der Waals surface area contributed by atoms with Crippen LogP contribution in [0.4, 0.5) is 22.9 Å². The van der Waals surface area contributed by atoms with E-state index in [9.17, 15) is 28.8 Å². The number of nitrogens with zero attached hydrogens (tertiary/aromatic N) is 9. The van der Waals surface area contributed by atoms with Crippen LogP contribution in [0.25, 0.3) is 11.2 Å². The molecule has 3 aromatic carbocycles. The van der Waals surface area contributed by atoms with Gasteiger partial charge < -0.3 is 29.9 Å². The normalized spacial score (nSPS) is 23.6. The van der Waals surface area contributed by atoms with Gasteiger partial charge in [-0.25, -0.2) is 15.0 Å². The Morgan fingerprint density at radius 3 is 2.18 bits per heavy atom. The lowest BCUT2D eigenvalue weighted by Gasteiger charge is -2.56. The zero-order valence-corrected chi connectivity index (χ0v) is 40.4. The minimum absolute atomic E-state index is 0.0175. The average molecular weight is 1000 g/mol. The zero-order valence-electron chi connectivity index (χ0n) is 38.9. The van der Waals surface area contributed by atoms with Crippen LogP contribution in [0.2, 0.25) is 10.0 Å². The maximum atomic E-state index is 13.6. The molecule has 5 aromatic rings. The highest BCUT2D eigenvalue weighted by Crippen LogP contribution is 2.51. The van der Waals surface area contributed by atoms with Gasteiger partial charge in [0, 0.05) is 94.0 Å². The van der Waals surface area contributed by atoms with E-state index >= 15 is 0 Å². The molecule has 7 aliphatic rings. The number of hydrogen-bond donors (Lipinski definition) is 3. The summed E-state index contributed by atoms with van der Waals surface area (Å²) in [5, 5.41) is 9.38. The number of fused-ring (bicyclic) bond motifs is 2. The summed E-state index contributed by atoms with van der Waals surface area (Å²) < 4.78 is 2.05. The van der Waals surface area contributed by atoms with Crippen molar-refractivity contribution in [2.75, 3.05) is 67.5 Å². The molecule has 20 heteroatoms. The predicted octanol–water partition coefficient (Wildman–Crippen LogP) is 5.44. The first-order valence-corrected chi connectivity index (χ1v) is 25.3. The number of imidazole rings is 1. The largest absolute Gasteiger partial charge is 0.370 e. The van der Waals surface area contributed by atoms with Gasteiger partial charge in [0.05, 0.1) is 39.0 Å². The smallest absolute Gasteiger partial charge is 0.262 e. The second kappa shape index (κ2) is 17.9. The third-order valence-electron chi connectivity index (χ3n) is 16.2. The maximum absolute atomic E-state index is 13.6. The van der Waals surface area contributed by atoms with Gasteiger partial charge in [-0.15, -0.1) is 0 Å². The summed E-state index contributed by atoms with van der Waals surface area (Å²) in [5.74, 6) is -1.68. The number of piperazine rings is 1. The average Bonchev–Trinajstić information content (AvgIpc) is 3.86. The van der Waals surface area contributed by atoms with E-state index in [4.69, 9.17) is 23.2 Å². The van der Waals surface area contributed by atoms with Gasteiger partial charge in [-0.1, -0.05) is 29.3 Å². The van der Waals surface area contributed by atoms with Crippen molar-refractivity contribution in [3.63, 3.8) is 0 Å². The second-order valence-corrected chi connectivity index (χ2v) is 21.1. The summed E-state index contributed by atoms with van der Waals surface area (Å²) in [6, 6.07) is 18.3. The predicted molar refractivity (Wildman–Crippen MR) is 265 cm³/mol. The third kappa shape index (κ3) is 8.22. The fourth-order valence-electron chi connectivity index (χ4n) is 11.9. The van der Waals surface area contributed by atoms with Crippen molar-refractivity contribution in [2.24, 2.45) is 11.3 Å². The fraction of sp³-hybridized carbons (Fsp3) is 0.431. The first-order chi connectivity index (χ1) is 34.4. The molecule has 0 bridgehead atoms. The Labute approximate surface area is 419 Å². The van der Waals surface area contributed by atoms with E-state index in [1.54, 1.807) is 49.1 Å². The van der Waals surface area contributed by atoms with E-state index in [0.717, 1.165) is 86.9 Å². The van der Waals surface area contributed by atoms with Crippen molar-refractivity contribution in [3.05, 3.63) is 100 Å². The molecule has 5 aliphatic heterocycles. The number of rotatable bonds is 10. The molecule has 18 nitrogen and oxygen atoms in total. The summed E-state index contributed by atoms with van der Waals surface area (Å²) in [6.45, 7) is 6.60. The van der Waals surface area contributed by atoms with Crippen molar-refractivity contribution in [3.8, 4) is 0 Å². The van der Waals surface area contributed by atoms with Crippen LogP contribution in [0.5, 0.6) is 0 Å². The Bertz CT molecular complexity index is 2980. The SMILES string of the molecule is O=C1CC[C@H](N2C(=O)c3ccc(N4CC(C(=O)N5CCC6(CC5)CC(N5CCN(c7ccc(Nc8ncnc9c8ncn9C8CC(NC(=O)c9c(Cl)cccc9Cl)C8)cc7)CC5)C6)C4)cc3C2=O)C(=O)N1. The van der Waals surface area contributed by atoms with Gasteiger partial charge in [0.1, 0.15) is 12.4 Å². The highest BCUT2D eigenvalue weighted by Gasteiger charge is 2.50. The van der Waals surface area contributed by atoms with Crippen molar-refractivity contribution in [1.82, 2.24) is 44.9 Å². The van der Waals surface area contributed by atoms with Gasteiger partial charge in [-0.2, -0.15) is 0 Å². The maximum Gasteiger partial charge on any atom is 0.262 e. The summed E-state index contributed by atoms with van der Waals surface area (Å²) in [5.41, 5.74) is 5.37. The number of piperidine rings is 2. The first-order valence-electron chi connectivity index (χ1n) is 24.6. The van der Waals surface area contributed by atoms with E-state index in [1.165, 1.54) is 18.5 Å². The lowest BCUT2D eigenvalue weighted by atomic mass is 9.60. The van der Waals surface area contributed by atoms with Gasteiger partial charge in [0.25, 0.3) is 17.7 Å². The number of nitrogens with one attached hydrogen (secondary N) is 3.